The molecule has 0 radical (unpaired) electrons. The largest absolute Gasteiger partial charge is 0.462 e. The Morgan fingerprint density at radius 2 is 0.568 bits per heavy atom. The van der Waals surface area contributed by atoms with Crippen LogP contribution < -0.4 is 0 Å². The second-order valence-electron chi connectivity index (χ2n) is 19.5. The summed E-state index contributed by atoms with van der Waals surface area (Å²) in [5, 5.41) is 0. The van der Waals surface area contributed by atoms with E-state index in [2.05, 4.69) is 154 Å². The molecule has 6 nitrogen and oxygen atoms in total. The lowest BCUT2D eigenvalue weighted by atomic mass is 10.1. The first-order valence-corrected chi connectivity index (χ1v) is 30.2. The third-order valence-electron chi connectivity index (χ3n) is 12.3. The van der Waals surface area contributed by atoms with Crippen molar-refractivity contribution in [3.63, 3.8) is 0 Å². The molecule has 0 aliphatic rings. The van der Waals surface area contributed by atoms with Crippen LogP contribution in [0.25, 0.3) is 0 Å². The van der Waals surface area contributed by atoms with Gasteiger partial charge in [0.25, 0.3) is 0 Å². The molecule has 0 saturated heterocycles. The van der Waals surface area contributed by atoms with Crippen LogP contribution in [0.5, 0.6) is 0 Å². The zero-order chi connectivity index (χ0) is 53.6. The SMILES string of the molecule is CC/C=C\C/C=C\C/C=C\C/C=C\C/C=C\C/C=C\C/C=C\C/C=C\C/C=C\CCCC(=O)OCC(COC(=O)CCCCCCC/C=C\CCC)OC(=O)CCCCCCCCC/C=C\CCCCCCCC. The minimum absolute atomic E-state index is 0.105. The standard InChI is InChI=1S/C68H110O6/c1-4-7-10-13-16-19-22-24-26-28-29-30-31-32-33-34-35-36-37-38-39-41-42-44-46-49-52-55-58-61-67(70)73-64-65(63-72-66(69)60-57-54-51-48-21-18-15-12-9-6-3)74-68(71)62-59-56-53-50-47-45-43-40-27-25-23-20-17-14-11-8-5-2/h7,10,12,15-16,19,24-27,29-30,32-33,35-36,38-39,42,44,49,52,65H,4-6,8-9,11,13-14,17-18,20-23,28,31,34,37,40-41,43,45-48,50-51,53-64H2,1-3H3/b10-7-,15-12-,19-16-,26-24-,27-25-,30-29-,33-32-,36-35-,39-38-,44-42-,52-49-. The fourth-order valence-electron chi connectivity index (χ4n) is 7.85. The average molecular weight is 1020 g/mol. The van der Waals surface area contributed by atoms with Crippen molar-refractivity contribution in [2.45, 2.75) is 264 Å². The number of hydrogen-bond acceptors (Lipinski definition) is 6. The van der Waals surface area contributed by atoms with Gasteiger partial charge in [-0.15, -0.1) is 0 Å². The van der Waals surface area contributed by atoms with Gasteiger partial charge in [0.05, 0.1) is 0 Å². The highest BCUT2D eigenvalue weighted by molar-refractivity contribution is 5.71. The van der Waals surface area contributed by atoms with Gasteiger partial charge in [-0.05, 0) is 128 Å². The fourth-order valence-corrected chi connectivity index (χ4v) is 7.85. The number of rotatable bonds is 53. The van der Waals surface area contributed by atoms with Crippen LogP contribution in [0.2, 0.25) is 0 Å². The van der Waals surface area contributed by atoms with Crippen LogP contribution >= 0.6 is 0 Å². The molecule has 1 unspecified atom stereocenters. The van der Waals surface area contributed by atoms with Crippen molar-refractivity contribution < 1.29 is 28.6 Å². The van der Waals surface area contributed by atoms with Gasteiger partial charge in [0.15, 0.2) is 6.10 Å². The Kier molecular flexibility index (Phi) is 57.4. The number of hydrogen-bond donors (Lipinski definition) is 0. The Hall–Kier alpha value is -4.45. The smallest absolute Gasteiger partial charge is 0.306 e. The van der Waals surface area contributed by atoms with Crippen molar-refractivity contribution in [3.05, 3.63) is 134 Å². The fraction of sp³-hybridized carbons (Fsp3) is 0.632. The Morgan fingerprint density at radius 3 is 0.946 bits per heavy atom. The summed E-state index contributed by atoms with van der Waals surface area (Å²) in [6.07, 6.45) is 86.0. The summed E-state index contributed by atoms with van der Waals surface area (Å²) >= 11 is 0. The molecule has 0 aliphatic heterocycles. The number of ether oxygens (including phenoxy) is 3. The van der Waals surface area contributed by atoms with Gasteiger partial charge in [-0.25, -0.2) is 0 Å². The van der Waals surface area contributed by atoms with E-state index in [9.17, 15) is 14.4 Å². The number of allylic oxidation sites excluding steroid dienone is 22. The first-order chi connectivity index (χ1) is 36.5. The van der Waals surface area contributed by atoms with Gasteiger partial charge in [0, 0.05) is 19.3 Å². The van der Waals surface area contributed by atoms with Crippen LogP contribution in [-0.4, -0.2) is 37.2 Å². The van der Waals surface area contributed by atoms with E-state index < -0.39 is 6.10 Å². The molecule has 0 rings (SSSR count). The van der Waals surface area contributed by atoms with Crippen LogP contribution in [0, 0.1) is 0 Å². The molecular weight excluding hydrogens is 913 g/mol. The minimum Gasteiger partial charge on any atom is -0.462 e. The molecule has 0 aliphatic carbocycles. The Balaban J connectivity index is 4.40. The predicted octanol–water partition coefficient (Wildman–Crippen LogP) is 20.6. The van der Waals surface area contributed by atoms with E-state index in [-0.39, 0.29) is 37.5 Å². The molecule has 1 atom stereocenters. The third-order valence-corrected chi connectivity index (χ3v) is 12.3. The monoisotopic (exact) mass is 1020 g/mol. The Morgan fingerprint density at radius 1 is 0.284 bits per heavy atom. The van der Waals surface area contributed by atoms with Gasteiger partial charge < -0.3 is 14.2 Å². The molecule has 0 aromatic carbocycles. The van der Waals surface area contributed by atoms with Crippen molar-refractivity contribution in [2.24, 2.45) is 0 Å². The second kappa shape index (κ2) is 61.1. The van der Waals surface area contributed by atoms with Gasteiger partial charge in [0.2, 0.25) is 0 Å². The summed E-state index contributed by atoms with van der Waals surface area (Å²) in [6.45, 7) is 6.40. The zero-order valence-electron chi connectivity index (χ0n) is 47.8. The van der Waals surface area contributed by atoms with E-state index in [0.717, 1.165) is 122 Å². The summed E-state index contributed by atoms with van der Waals surface area (Å²) in [6, 6.07) is 0. The molecule has 0 bridgehead atoms. The lowest BCUT2D eigenvalue weighted by Gasteiger charge is -2.18. The van der Waals surface area contributed by atoms with E-state index in [0.29, 0.717) is 19.3 Å². The maximum Gasteiger partial charge on any atom is 0.306 e. The average Bonchev–Trinajstić information content (AvgIpc) is 3.40. The van der Waals surface area contributed by atoms with E-state index in [1.54, 1.807) is 0 Å². The normalized spacial score (nSPS) is 13.1. The van der Waals surface area contributed by atoms with Crippen molar-refractivity contribution in [1.29, 1.82) is 0 Å². The van der Waals surface area contributed by atoms with Gasteiger partial charge in [-0.1, -0.05) is 244 Å². The maximum absolute atomic E-state index is 12.8. The highest BCUT2D eigenvalue weighted by Gasteiger charge is 2.19. The molecule has 0 spiro atoms. The van der Waals surface area contributed by atoms with Gasteiger partial charge in [0.1, 0.15) is 13.2 Å². The predicted molar refractivity (Wildman–Crippen MR) is 320 cm³/mol. The summed E-state index contributed by atoms with van der Waals surface area (Å²) in [4.78, 5) is 38.1. The van der Waals surface area contributed by atoms with Crippen molar-refractivity contribution >= 4 is 17.9 Å². The van der Waals surface area contributed by atoms with Crippen LogP contribution in [0.4, 0.5) is 0 Å². The van der Waals surface area contributed by atoms with Gasteiger partial charge in [-0.3, -0.25) is 14.4 Å². The third kappa shape index (κ3) is 58.4. The first kappa shape index (κ1) is 69.5. The summed E-state index contributed by atoms with van der Waals surface area (Å²) in [5.74, 6) is -0.985. The van der Waals surface area contributed by atoms with Crippen molar-refractivity contribution in [2.75, 3.05) is 13.2 Å². The molecular formula is C68H110O6. The maximum atomic E-state index is 12.8. The van der Waals surface area contributed by atoms with E-state index in [1.165, 1.54) is 89.9 Å². The molecule has 0 fully saturated rings. The topological polar surface area (TPSA) is 78.9 Å². The summed E-state index contributed by atoms with van der Waals surface area (Å²) in [7, 11) is 0. The highest BCUT2D eigenvalue weighted by atomic mass is 16.6. The molecule has 0 aromatic rings. The van der Waals surface area contributed by atoms with E-state index >= 15 is 0 Å². The zero-order valence-corrected chi connectivity index (χ0v) is 47.8. The summed E-state index contributed by atoms with van der Waals surface area (Å²) in [5.41, 5.74) is 0. The molecule has 0 saturated carbocycles. The molecule has 0 N–H and O–H groups in total. The quantitative estimate of drug-likeness (QED) is 0.0261. The molecule has 0 heterocycles. The van der Waals surface area contributed by atoms with Crippen molar-refractivity contribution in [1.82, 2.24) is 0 Å². The van der Waals surface area contributed by atoms with Crippen LogP contribution in [0.3, 0.4) is 0 Å². The first-order valence-electron chi connectivity index (χ1n) is 30.2. The highest BCUT2D eigenvalue weighted by Crippen LogP contribution is 2.14. The van der Waals surface area contributed by atoms with Crippen LogP contribution in [-0.2, 0) is 28.6 Å². The number of carbonyl (C=O) groups excluding carboxylic acids is 3. The minimum atomic E-state index is -0.811. The Bertz CT molecular complexity index is 1600. The van der Waals surface area contributed by atoms with Crippen molar-refractivity contribution in [3.8, 4) is 0 Å². The Labute approximate surface area is 455 Å². The van der Waals surface area contributed by atoms with Crippen LogP contribution in [0.15, 0.2) is 134 Å². The molecule has 74 heavy (non-hydrogen) atoms. The summed E-state index contributed by atoms with van der Waals surface area (Å²) < 4.78 is 16.8. The lowest BCUT2D eigenvalue weighted by molar-refractivity contribution is -0.167. The van der Waals surface area contributed by atoms with Crippen LogP contribution in [0.1, 0.15) is 258 Å². The molecule has 418 valence electrons. The van der Waals surface area contributed by atoms with Gasteiger partial charge in [-0.2, -0.15) is 0 Å². The second-order valence-corrected chi connectivity index (χ2v) is 19.5. The number of unbranched alkanes of at least 4 members (excludes halogenated alkanes) is 20. The molecule has 0 aromatic heterocycles. The molecule has 0 amide bonds. The number of esters is 3. The van der Waals surface area contributed by atoms with E-state index in [1.807, 2.05) is 0 Å². The van der Waals surface area contributed by atoms with E-state index in [4.69, 9.17) is 14.2 Å². The lowest BCUT2D eigenvalue weighted by Crippen LogP contribution is -2.30. The molecule has 6 heteroatoms. The van der Waals surface area contributed by atoms with Gasteiger partial charge >= 0.3 is 17.9 Å². The number of carbonyl (C=O) groups is 3.